The molecule has 2 rings (SSSR count). The number of hydrogen-bond acceptors (Lipinski definition) is 2. The molecule has 0 heterocycles. The lowest BCUT2D eigenvalue weighted by Crippen LogP contribution is -2.04. The molecule has 2 aromatic carbocycles. The average molecular weight is 320 g/mol. The molecule has 0 atom stereocenters. The summed E-state index contributed by atoms with van der Waals surface area (Å²) < 4.78 is 28.8. The summed E-state index contributed by atoms with van der Waals surface area (Å²) in [6, 6.07) is 8.98. The maximum Gasteiger partial charge on any atom is 0.159 e. The second kappa shape index (κ2) is 6.57. The molecule has 0 radical (unpaired) electrons. The third-order valence-electron chi connectivity index (χ3n) is 2.35. The normalized spacial score (nSPS) is 10.7. The molecule has 1 nitrogen and oxygen atoms in total. The molecule has 0 fully saturated rings. The molecule has 0 saturated heterocycles. The van der Waals surface area contributed by atoms with E-state index in [0.717, 1.165) is 12.1 Å². The SMILES string of the molecule is Fc1ccc(CNSc2c(Cl)cccc2Cl)cc1F. The van der Waals surface area contributed by atoms with Crippen molar-refractivity contribution < 1.29 is 8.78 Å². The fraction of sp³-hybridized carbons (Fsp3) is 0.0769. The van der Waals surface area contributed by atoms with Crippen LogP contribution in [-0.4, -0.2) is 0 Å². The summed E-state index contributed by atoms with van der Waals surface area (Å²) in [6.45, 7) is 0.365. The molecule has 19 heavy (non-hydrogen) atoms. The number of nitrogens with one attached hydrogen (secondary N) is 1. The zero-order chi connectivity index (χ0) is 13.8. The van der Waals surface area contributed by atoms with Crippen LogP contribution < -0.4 is 4.72 Å². The average Bonchev–Trinajstić information content (AvgIpc) is 2.37. The Hall–Kier alpha value is -0.810. The largest absolute Gasteiger partial charge is 0.255 e. The molecule has 0 saturated carbocycles. The quantitative estimate of drug-likeness (QED) is 0.790. The summed E-state index contributed by atoms with van der Waals surface area (Å²) in [5.74, 6) is -1.72. The van der Waals surface area contributed by atoms with Crippen molar-refractivity contribution >= 4 is 35.1 Å². The Morgan fingerprint density at radius 3 is 2.32 bits per heavy atom. The van der Waals surface area contributed by atoms with Gasteiger partial charge >= 0.3 is 0 Å². The van der Waals surface area contributed by atoms with Gasteiger partial charge in [-0.15, -0.1) is 0 Å². The van der Waals surface area contributed by atoms with Crippen molar-refractivity contribution in [1.82, 2.24) is 4.72 Å². The van der Waals surface area contributed by atoms with Crippen molar-refractivity contribution in [3.63, 3.8) is 0 Å². The van der Waals surface area contributed by atoms with Crippen LogP contribution >= 0.6 is 35.1 Å². The zero-order valence-corrected chi connectivity index (χ0v) is 11.9. The van der Waals surface area contributed by atoms with E-state index in [9.17, 15) is 8.78 Å². The van der Waals surface area contributed by atoms with Crippen molar-refractivity contribution in [2.45, 2.75) is 11.4 Å². The van der Waals surface area contributed by atoms with Crippen molar-refractivity contribution in [2.75, 3.05) is 0 Å². The lowest BCUT2D eigenvalue weighted by molar-refractivity contribution is 0.507. The van der Waals surface area contributed by atoms with Crippen LogP contribution in [0.25, 0.3) is 0 Å². The lowest BCUT2D eigenvalue weighted by atomic mass is 10.2. The molecule has 0 spiro atoms. The van der Waals surface area contributed by atoms with E-state index in [0.29, 0.717) is 27.0 Å². The molecular weight excluding hydrogens is 311 g/mol. The van der Waals surface area contributed by atoms with Crippen molar-refractivity contribution in [1.29, 1.82) is 0 Å². The first-order chi connectivity index (χ1) is 9.08. The highest BCUT2D eigenvalue weighted by atomic mass is 35.5. The number of benzene rings is 2. The number of halogens is 4. The first-order valence-corrected chi connectivity index (χ1v) is 6.93. The van der Waals surface area contributed by atoms with Crippen LogP contribution in [0.15, 0.2) is 41.3 Å². The van der Waals surface area contributed by atoms with Crippen molar-refractivity contribution in [3.05, 3.63) is 63.6 Å². The fourth-order valence-corrected chi connectivity index (χ4v) is 2.76. The van der Waals surface area contributed by atoms with Gasteiger partial charge < -0.3 is 0 Å². The van der Waals surface area contributed by atoms with Gasteiger partial charge in [-0.05, 0) is 41.8 Å². The number of hydrogen-bond donors (Lipinski definition) is 1. The predicted octanol–water partition coefficient (Wildman–Crippen LogP) is 5.07. The molecule has 0 aliphatic rings. The molecule has 0 aromatic heterocycles. The molecule has 0 bridgehead atoms. The van der Waals surface area contributed by atoms with Gasteiger partial charge in [0.15, 0.2) is 11.6 Å². The van der Waals surface area contributed by atoms with Crippen LogP contribution in [0.2, 0.25) is 10.0 Å². The van der Waals surface area contributed by atoms with Crippen molar-refractivity contribution in [2.24, 2.45) is 0 Å². The van der Waals surface area contributed by atoms with Crippen LogP contribution in [0, 0.1) is 11.6 Å². The first-order valence-electron chi connectivity index (χ1n) is 5.35. The van der Waals surface area contributed by atoms with Gasteiger partial charge in [0.1, 0.15) is 0 Å². The molecule has 6 heteroatoms. The maximum atomic E-state index is 13.0. The summed E-state index contributed by atoms with van der Waals surface area (Å²) in [5, 5.41) is 1.07. The van der Waals surface area contributed by atoms with E-state index in [-0.39, 0.29) is 0 Å². The minimum atomic E-state index is -0.861. The monoisotopic (exact) mass is 319 g/mol. The molecule has 2 aromatic rings. The second-order valence-corrected chi connectivity index (χ2v) is 5.44. The molecule has 0 unspecified atom stereocenters. The molecule has 0 aliphatic heterocycles. The van der Waals surface area contributed by atoms with Crippen LogP contribution in [0.5, 0.6) is 0 Å². The predicted molar refractivity (Wildman–Crippen MR) is 75.5 cm³/mol. The Balaban J connectivity index is 1.98. The van der Waals surface area contributed by atoms with Gasteiger partial charge in [0.2, 0.25) is 0 Å². The molecule has 0 aliphatic carbocycles. The molecular formula is C13H9Cl2F2NS. The Morgan fingerprint density at radius 2 is 1.68 bits per heavy atom. The summed E-state index contributed by atoms with van der Waals surface area (Å²) in [4.78, 5) is 0.702. The van der Waals surface area contributed by atoms with Gasteiger partial charge in [0, 0.05) is 6.54 Å². The van der Waals surface area contributed by atoms with E-state index in [1.54, 1.807) is 18.2 Å². The standard InChI is InChI=1S/C13H9Cl2F2NS/c14-9-2-1-3-10(15)13(9)19-18-7-8-4-5-11(16)12(17)6-8/h1-6,18H,7H2. The summed E-state index contributed by atoms with van der Waals surface area (Å²) in [7, 11) is 0. The van der Waals surface area contributed by atoms with E-state index in [1.807, 2.05) is 0 Å². The zero-order valence-electron chi connectivity index (χ0n) is 9.59. The van der Waals surface area contributed by atoms with E-state index < -0.39 is 11.6 Å². The maximum absolute atomic E-state index is 13.0. The van der Waals surface area contributed by atoms with Gasteiger partial charge in [-0.2, -0.15) is 0 Å². The molecule has 100 valence electrons. The highest BCUT2D eigenvalue weighted by Crippen LogP contribution is 2.32. The third-order valence-corrected chi connectivity index (χ3v) is 4.14. The lowest BCUT2D eigenvalue weighted by Gasteiger charge is -2.08. The van der Waals surface area contributed by atoms with Gasteiger partial charge in [0.05, 0.1) is 14.9 Å². The van der Waals surface area contributed by atoms with E-state index in [4.69, 9.17) is 23.2 Å². The van der Waals surface area contributed by atoms with Crippen molar-refractivity contribution in [3.8, 4) is 0 Å². The summed E-state index contributed by atoms with van der Waals surface area (Å²) in [5.41, 5.74) is 0.634. The van der Waals surface area contributed by atoms with Crippen LogP contribution in [0.3, 0.4) is 0 Å². The van der Waals surface area contributed by atoms with Crippen LogP contribution in [0.1, 0.15) is 5.56 Å². The smallest absolute Gasteiger partial charge is 0.159 e. The second-order valence-electron chi connectivity index (χ2n) is 3.72. The van der Waals surface area contributed by atoms with Crippen LogP contribution in [-0.2, 0) is 6.54 Å². The highest BCUT2D eigenvalue weighted by molar-refractivity contribution is 7.97. The van der Waals surface area contributed by atoms with Gasteiger partial charge in [-0.25, -0.2) is 8.78 Å². The Morgan fingerprint density at radius 1 is 1.00 bits per heavy atom. The molecule has 1 N–H and O–H groups in total. The van der Waals surface area contributed by atoms with Gasteiger partial charge in [0.25, 0.3) is 0 Å². The first kappa shape index (κ1) is 14.6. The summed E-state index contributed by atoms with van der Waals surface area (Å²) >= 11 is 13.3. The van der Waals surface area contributed by atoms with E-state index in [2.05, 4.69) is 4.72 Å². The fourth-order valence-electron chi connectivity index (χ4n) is 1.42. The van der Waals surface area contributed by atoms with E-state index >= 15 is 0 Å². The van der Waals surface area contributed by atoms with E-state index in [1.165, 1.54) is 18.0 Å². The molecule has 0 amide bonds. The topological polar surface area (TPSA) is 12.0 Å². The minimum absolute atomic E-state index is 0.365. The Kier molecular flexibility index (Phi) is 5.05. The van der Waals surface area contributed by atoms with Gasteiger partial charge in [-0.1, -0.05) is 35.3 Å². The van der Waals surface area contributed by atoms with Gasteiger partial charge in [-0.3, -0.25) is 4.72 Å². The minimum Gasteiger partial charge on any atom is -0.255 e. The van der Waals surface area contributed by atoms with Crippen LogP contribution in [0.4, 0.5) is 8.78 Å². The highest BCUT2D eigenvalue weighted by Gasteiger charge is 2.07. The Bertz CT molecular complexity index is 573. The third kappa shape index (κ3) is 3.83. The Labute approximate surface area is 124 Å². The summed E-state index contributed by atoms with van der Waals surface area (Å²) in [6.07, 6.45) is 0. The number of rotatable bonds is 4.